The highest BCUT2D eigenvalue weighted by Crippen LogP contribution is 2.36. The van der Waals surface area contributed by atoms with Crippen molar-refractivity contribution in [1.29, 1.82) is 0 Å². The maximum absolute atomic E-state index is 11.6. The van der Waals surface area contributed by atoms with Crippen molar-refractivity contribution in [3.63, 3.8) is 0 Å². The minimum absolute atomic E-state index is 0.00659. The van der Waals surface area contributed by atoms with E-state index in [4.69, 9.17) is 0 Å². The van der Waals surface area contributed by atoms with Crippen molar-refractivity contribution < 1.29 is 9.59 Å². The molecule has 0 spiro atoms. The first-order valence-electron chi connectivity index (χ1n) is 6.71. The molecule has 20 heavy (non-hydrogen) atoms. The number of H-pyrrole nitrogens is 1. The minimum Gasteiger partial charge on any atom is -0.354 e. The van der Waals surface area contributed by atoms with E-state index in [9.17, 15) is 9.59 Å². The summed E-state index contributed by atoms with van der Waals surface area (Å²) in [7, 11) is 3.68. The molecule has 2 amide bonds. The highest BCUT2D eigenvalue weighted by atomic mass is 16.2. The molecule has 0 atom stereocenters. The van der Waals surface area contributed by atoms with E-state index in [1.165, 1.54) is 6.92 Å². The van der Waals surface area contributed by atoms with Crippen molar-refractivity contribution in [3.05, 3.63) is 11.8 Å². The summed E-state index contributed by atoms with van der Waals surface area (Å²) in [5.41, 5.74) is 0.937. The zero-order valence-corrected chi connectivity index (χ0v) is 12.1. The number of aromatic amines is 1. The number of hydrogen-bond acceptors (Lipinski definition) is 4. The fourth-order valence-electron chi connectivity index (χ4n) is 2.35. The number of rotatable bonds is 5. The average Bonchev–Trinajstić information content (AvgIpc) is 2.69. The van der Waals surface area contributed by atoms with Crippen LogP contribution < -0.4 is 10.6 Å². The molecule has 1 aromatic heterocycles. The van der Waals surface area contributed by atoms with Gasteiger partial charge in [0.2, 0.25) is 11.8 Å². The number of hydrogen-bond donors (Lipinski definition) is 3. The second-order valence-corrected chi connectivity index (χ2v) is 5.56. The fourth-order valence-corrected chi connectivity index (χ4v) is 2.35. The molecule has 1 fully saturated rings. The van der Waals surface area contributed by atoms with Gasteiger partial charge in [0.25, 0.3) is 0 Å². The average molecular weight is 279 g/mol. The van der Waals surface area contributed by atoms with Crippen LogP contribution in [0.5, 0.6) is 0 Å². The van der Waals surface area contributed by atoms with E-state index < -0.39 is 0 Å². The molecule has 1 saturated carbocycles. The number of anilines is 1. The first kappa shape index (κ1) is 14.5. The number of nitrogens with one attached hydrogen (secondary N) is 3. The second kappa shape index (κ2) is 6.04. The topological polar surface area (TPSA) is 90.1 Å². The Labute approximate surface area is 118 Å². The number of nitrogens with zero attached hydrogens (tertiary/aromatic N) is 2. The molecule has 0 aliphatic heterocycles. The van der Waals surface area contributed by atoms with Crippen LogP contribution >= 0.6 is 0 Å². The van der Waals surface area contributed by atoms with Crippen molar-refractivity contribution in [1.82, 2.24) is 20.4 Å². The predicted molar refractivity (Wildman–Crippen MR) is 75.4 cm³/mol. The normalized spacial score (nSPS) is 21.4. The van der Waals surface area contributed by atoms with Gasteiger partial charge in [-0.05, 0) is 26.9 Å². The first-order chi connectivity index (χ1) is 9.44. The monoisotopic (exact) mass is 279 g/mol. The smallest absolute Gasteiger partial charge is 0.239 e. The van der Waals surface area contributed by atoms with Crippen molar-refractivity contribution in [2.24, 2.45) is 0 Å². The maximum atomic E-state index is 11.6. The Kier molecular flexibility index (Phi) is 4.39. The van der Waals surface area contributed by atoms with Crippen LogP contribution in [0.15, 0.2) is 6.07 Å². The summed E-state index contributed by atoms with van der Waals surface area (Å²) in [6.07, 6.45) is 1.80. The molecule has 0 aromatic carbocycles. The zero-order chi connectivity index (χ0) is 14.7. The quantitative estimate of drug-likeness (QED) is 0.722. The van der Waals surface area contributed by atoms with E-state index in [2.05, 4.69) is 20.8 Å². The van der Waals surface area contributed by atoms with Crippen LogP contribution in [0.3, 0.4) is 0 Å². The van der Waals surface area contributed by atoms with E-state index in [1.807, 2.05) is 20.2 Å². The van der Waals surface area contributed by atoms with Gasteiger partial charge >= 0.3 is 0 Å². The Hall–Kier alpha value is -1.89. The largest absolute Gasteiger partial charge is 0.354 e. The van der Waals surface area contributed by atoms with Crippen LogP contribution in [0, 0.1) is 0 Å². The highest BCUT2D eigenvalue weighted by molar-refractivity contribution is 5.91. The molecule has 2 rings (SSSR count). The summed E-state index contributed by atoms with van der Waals surface area (Å²) >= 11 is 0. The summed E-state index contributed by atoms with van der Waals surface area (Å²) in [6, 6.07) is 2.11. The van der Waals surface area contributed by atoms with Gasteiger partial charge in [0, 0.05) is 24.9 Å². The second-order valence-electron chi connectivity index (χ2n) is 5.56. The number of carbonyl (C=O) groups is 2. The van der Waals surface area contributed by atoms with Crippen LogP contribution in [0.1, 0.15) is 31.4 Å². The number of carbonyl (C=O) groups excluding carboxylic acids is 2. The van der Waals surface area contributed by atoms with Crippen LogP contribution in [0.4, 0.5) is 5.82 Å². The lowest BCUT2D eigenvalue weighted by Crippen LogP contribution is -2.42. The van der Waals surface area contributed by atoms with Gasteiger partial charge in [-0.2, -0.15) is 5.10 Å². The van der Waals surface area contributed by atoms with Crippen LogP contribution in [-0.4, -0.2) is 53.6 Å². The van der Waals surface area contributed by atoms with Crippen molar-refractivity contribution in [2.75, 3.05) is 26.0 Å². The molecule has 7 heteroatoms. The molecule has 110 valence electrons. The van der Waals surface area contributed by atoms with Gasteiger partial charge in [-0.1, -0.05) is 0 Å². The molecule has 1 heterocycles. The van der Waals surface area contributed by atoms with Crippen LogP contribution in [0.25, 0.3) is 0 Å². The Bertz CT molecular complexity index is 491. The van der Waals surface area contributed by atoms with Crippen LogP contribution in [-0.2, 0) is 9.59 Å². The lowest BCUT2D eigenvalue weighted by atomic mass is 9.78. The fraction of sp³-hybridized carbons (Fsp3) is 0.615. The zero-order valence-electron chi connectivity index (χ0n) is 12.1. The summed E-state index contributed by atoms with van der Waals surface area (Å²) in [5.74, 6) is 0.902. The Morgan fingerprint density at radius 2 is 2.15 bits per heavy atom. The molecule has 0 bridgehead atoms. The van der Waals surface area contributed by atoms with Gasteiger partial charge in [-0.3, -0.25) is 14.7 Å². The van der Waals surface area contributed by atoms with E-state index in [-0.39, 0.29) is 17.9 Å². The number of likely N-dealkylation sites (N-methyl/N-ethyl adjacent to an activating group) is 1. The third kappa shape index (κ3) is 3.80. The molecule has 0 unspecified atom stereocenters. The Balaban J connectivity index is 1.82. The summed E-state index contributed by atoms with van der Waals surface area (Å²) < 4.78 is 0. The van der Waals surface area contributed by atoms with E-state index in [0.717, 1.165) is 18.5 Å². The lowest BCUT2D eigenvalue weighted by Gasteiger charge is -2.34. The third-order valence-corrected chi connectivity index (χ3v) is 3.30. The molecule has 1 aliphatic rings. The summed E-state index contributed by atoms with van der Waals surface area (Å²) in [4.78, 5) is 24.3. The standard InChI is InChI=1S/C13H21N5O2/c1-8(19)14-10-4-9(5-10)11-6-12(17-16-11)15-13(20)7-18(2)3/h6,9-10H,4-5,7H2,1-3H3,(H,14,19)(H2,15,16,17,20). The molecule has 1 aliphatic carbocycles. The Morgan fingerprint density at radius 1 is 1.45 bits per heavy atom. The number of amides is 2. The minimum atomic E-state index is -0.0741. The van der Waals surface area contributed by atoms with Gasteiger partial charge < -0.3 is 15.5 Å². The molecule has 0 radical (unpaired) electrons. The molecule has 3 N–H and O–H groups in total. The molecular formula is C13H21N5O2. The van der Waals surface area contributed by atoms with E-state index in [0.29, 0.717) is 18.3 Å². The lowest BCUT2D eigenvalue weighted by molar-refractivity contribution is -0.120. The molecule has 7 nitrogen and oxygen atoms in total. The maximum Gasteiger partial charge on any atom is 0.239 e. The van der Waals surface area contributed by atoms with Crippen molar-refractivity contribution in [2.45, 2.75) is 31.7 Å². The van der Waals surface area contributed by atoms with Crippen LogP contribution in [0.2, 0.25) is 0 Å². The van der Waals surface area contributed by atoms with E-state index >= 15 is 0 Å². The highest BCUT2D eigenvalue weighted by Gasteiger charge is 2.32. The van der Waals surface area contributed by atoms with E-state index in [1.54, 1.807) is 4.90 Å². The van der Waals surface area contributed by atoms with Gasteiger partial charge in [0.15, 0.2) is 0 Å². The van der Waals surface area contributed by atoms with Gasteiger partial charge in [-0.25, -0.2) is 0 Å². The van der Waals surface area contributed by atoms with Gasteiger partial charge in [0.1, 0.15) is 5.82 Å². The SMILES string of the molecule is CC(=O)NC1CC(c2cc(NC(=O)CN(C)C)[nH]n2)C1. The van der Waals surface area contributed by atoms with Crippen molar-refractivity contribution in [3.8, 4) is 0 Å². The third-order valence-electron chi connectivity index (χ3n) is 3.30. The predicted octanol–water partition coefficient (Wildman–Crippen LogP) is 0.292. The molecular weight excluding hydrogens is 258 g/mol. The summed E-state index contributed by atoms with van der Waals surface area (Å²) in [5, 5.41) is 12.7. The Morgan fingerprint density at radius 3 is 2.75 bits per heavy atom. The summed E-state index contributed by atoms with van der Waals surface area (Å²) in [6.45, 7) is 1.86. The first-order valence-corrected chi connectivity index (χ1v) is 6.71. The molecule has 0 saturated heterocycles. The van der Waals surface area contributed by atoms with Gasteiger partial charge in [-0.15, -0.1) is 0 Å². The van der Waals surface area contributed by atoms with Crippen molar-refractivity contribution >= 4 is 17.6 Å². The number of aromatic nitrogens is 2. The van der Waals surface area contributed by atoms with Gasteiger partial charge in [0.05, 0.1) is 12.2 Å². The molecule has 1 aromatic rings.